The summed E-state index contributed by atoms with van der Waals surface area (Å²) in [4.78, 5) is 24.7. The van der Waals surface area contributed by atoms with Crippen LogP contribution in [0.3, 0.4) is 0 Å². The van der Waals surface area contributed by atoms with Gasteiger partial charge in [0.2, 0.25) is 0 Å². The van der Waals surface area contributed by atoms with Crippen molar-refractivity contribution in [1.82, 2.24) is 5.32 Å². The summed E-state index contributed by atoms with van der Waals surface area (Å²) in [5, 5.41) is 12.5. The second-order valence-corrected chi connectivity index (χ2v) is 6.57. The minimum Gasteiger partial charge on any atom is -0.496 e. The molecule has 0 bridgehead atoms. The molecule has 1 N–H and O–H groups in total. The highest BCUT2D eigenvalue weighted by molar-refractivity contribution is 6.31. The number of carbonyl (C=O) groups is 2. The minimum absolute atomic E-state index is 0.141. The summed E-state index contributed by atoms with van der Waals surface area (Å²) in [6, 6.07) is 6.77. The second-order valence-electron chi connectivity index (χ2n) is 6.14. The number of hydrogen-bond donors (Lipinski definition) is 1. The Morgan fingerprint density at radius 3 is 2.60 bits per heavy atom. The Bertz CT molecular complexity index is 693. The number of carbonyl (C=O) groups excluding carboxylic acids is 2. The number of esters is 1. The standard InChI is InChI=1S/C18H21ClN2O4/c1-12(16(22)21-18(11-20)8-4-3-5-9-18)25-17(23)14-10-13(19)6-7-15(14)24-2/h6-7,10,12H,3-5,8-9H2,1-2H3,(H,21,22)/t12-/m0/s1. The number of methoxy groups -OCH3 is 1. The third-order valence-corrected chi connectivity index (χ3v) is 4.55. The summed E-state index contributed by atoms with van der Waals surface area (Å²) in [5.41, 5.74) is -0.730. The zero-order valence-corrected chi connectivity index (χ0v) is 15.1. The average molecular weight is 365 g/mol. The maximum Gasteiger partial charge on any atom is 0.342 e. The first-order chi connectivity index (χ1) is 11.9. The molecule has 0 heterocycles. The molecule has 6 nitrogen and oxygen atoms in total. The van der Waals surface area contributed by atoms with Gasteiger partial charge in [-0.1, -0.05) is 30.9 Å². The van der Waals surface area contributed by atoms with Crippen LogP contribution in [0.2, 0.25) is 5.02 Å². The lowest BCUT2D eigenvalue weighted by Gasteiger charge is -2.32. The van der Waals surface area contributed by atoms with Gasteiger partial charge in [-0.25, -0.2) is 4.79 Å². The van der Waals surface area contributed by atoms with Crippen molar-refractivity contribution in [2.75, 3.05) is 7.11 Å². The third-order valence-electron chi connectivity index (χ3n) is 4.32. The molecule has 1 aliphatic rings. The van der Waals surface area contributed by atoms with Crippen molar-refractivity contribution in [2.24, 2.45) is 0 Å². The second kappa shape index (κ2) is 8.21. The number of nitrogens with one attached hydrogen (secondary N) is 1. The summed E-state index contributed by atoms with van der Waals surface area (Å²) >= 11 is 5.90. The Labute approximate surface area is 152 Å². The zero-order chi connectivity index (χ0) is 18.4. The molecule has 1 atom stereocenters. The van der Waals surface area contributed by atoms with E-state index in [1.54, 1.807) is 12.1 Å². The number of rotatable bonds is 5. The molecule has 1 saturated carbocycles. The number of benzene rings is 1. The van der Waals surface area contributed by atoms with Crippen molar-refractivity contribution in [3.05, 3.63) is 28.8 Å². The van der Waals surface area contributed by atoms with Gasteiger partial charge in [-0.3, -0.25) is 4.79 Å². The number of nitrogens with zero attached hydrogens (tertiary/aromatic N) is 1. The number of ether oxygens (including phenoxy) is 2. The van der Waals surface area contributed by atoms with Gasteiger partial charge in [-0.2, -0.15) is 5.26 Å². The topological polar surface area (TPSA) is 88.4 Å². The van der Waals surface area contributed by atoms with Gasteiger partial charge in [0.1, 0.15) is 16.9 Å². The molecule has 0 radical (unpaired) electrons. The molecule has 0 aliphatic heterocycles. The van der Waals surface area contributed by atoms with Gasteiger partial charge in [0.05, 0.1) is 13.2 Å². The lowest BCUT2D eigenvalue weighted by atomic mass is 9.83. The van der Waals surface area contributed by atoms with Gasteiger partial charge < -0.3 is 14.8 Å². The fourth-order valence-corrected chi connectivity index (χ4v) is 3.05. The zero-order valence-electron chi connectivity index (χ0n) is 14.3. The first kappa shape index (κ1) is 19.1. The SMILES string of the molecule is COc1ccc(Cl)cc1C(=O)O[C@@H](C)C(=O)NC1(C#N)CCCCC1. The maximum atomic E-state index is 12.4. The molecule has 1 aromatic carbocycles. The smallest absolute Gasteiger partial charge is 0.342 e. The maximum absolute atomic E-state index is 12.4. The Hall–Kier alpha value is -2.26. The molecule has 1 aliphatic carbocycles. The third kappa shape index (κ3) is 4.64. The van der Waals surface area contributed by atoms with Crippen LogP contribution < -0.4 is 10.1 Å². The van der Waals surface area contributed by atoms with Crippen LogP contribution in [0.5, 0.6) is 5.75 Å². The molecule has 0 spiro atoms. The summed E-state index contributed by atoms with van der Waals surface area (Å²) in [5.74, 6) is -0.891. The van der Waals surface area contributed by atoms with E-state index < -0.39 is 23.5 Å². The predicted molar refractivity (Wildman–Crippen MR) is 92.5 cm³/mol. The van der Waals surface area contributed by atoms with E-state index in [4.69, 9.17) is 21.1 Å². The van der Waals surface area contributed by atoms with Crippen LogP contribution in [0.1, 0.15) is 49.4 Å². The normalized spacial score (nSPS) is 17.0. The van der Waals surface area contributed by atoms with Gasteiger partial charge in [0, 0.05) is 5.02 Å². The highest BCUT2D eigenvalue weighted by atomic mass is 35.5. The molecule has 2 rings (SSSR count). The molecule has 25 heavy (non-hydrogen) atoms. The molecular formula is C18H21ClN2O4. The van der Waals surface area contributed by atoms with Gasteiger partial charge in [0.15, 0.2) is 6.10 Å². The number of nitriles is 1. The van der Waals surface area contributed by atoms with Crippen molar-refractivity contribution >= 4 is 23.5 Å². The molecule has 7 heteroatoms. The van der Waals surface area contributed by atoms with Crippen molar-refractivity contribution in [2.45, 2.75) is 50.7 Å². The summed E-state index contributed by atoms with van der Waals surface area (Å²) in [7, 11) is 1.43. The van der Waals surface area contributed by atoms with E-state index in [0.29, 0.717) is 23.6 Å². The van der Waals surface area contributed by atoms with E-state index in [2.05, 4.69) is 11.4 Å². The fraction of sp³-hybridized carbons (Fsp3) is 0.500. The largest absolute Gasteiger partial charge is 0.496 e. The van der Waals surface area contributed by atoms with E-state index in [1.807, 2.05) is 0 Å². The Morgan fingerprint density at radius 1 is 1.32 bits per heavy atom. The fourth-order valence-electron chi connectivity index (χ4n) is 2.87. The van der Waals surface area contributed by atoms with Crippen LogP contribution in [0.15, 0.2) is 18.2 Å². The summed E-state index contributed by atoms with van der Waals surface area (Å²) in [6.45, 7) is 1.47. The van der Waals surface area contributed by atoms with E-state index in [1.165, 1.54) is 20.1 Å². The number of hydrogen-bond acceptors (Lipinski definition) is 5. The molecular weight excluding hydrogens is 344 g/mol. The van der Waals surface area contributed by atoms with E-state index in [-0.39, 0.29) is 5.56 Å². The molecule has 0 saturated heterocycles. The number of amides is 1. The summed E-state index contributed by atoms with van der Waals surface area (Å²) < 4.78 is 10.3. The van der Waals surface area contributed by atoms with Gasteiger partial charge in [-0.05, 0) is 38.0 Å². The molecule has 0 unspecified atom stereocenters. The van der Waals surface area contributed by atoms with Crippen molar-refractivity contribution in [1.29, 1.82) is 5.26 Å². The summed E-state index contributed by atoms with van der Waals surface area (Å²) in [6.07, 6.45) is 3.01. The van der Waals surface area contributed by atoms with Crippen molar-refractivity contribution in [3.8, 4) is 11.8 Å². The highest BCUT2D eigenvalue weighted by Gasteiger charge is 2.35. The van der Waals surface area contributed by atoms with Crippen LogP contribution in [-0.4, -0.2) is 30.6 Å². The highest BCUT2D eigenvalue weighted by Crippen LogP contribution is 2.28. The van der Waals surface area contributed by atoms with E-state index >= 15 is 0 Å². The van der Waals surface area contributed by atoms with Crippen LogP contribution >= 0.6 is 11.6 Å². The van der Waals surface area contributed by atoms with Gasteiger partial charge in [0.25, 0.3) is 5.91 Å². The molecule has 1 amide bonds. The Morgan fingerprint density at radius 2 is 2.00 bits per heavy atom. The number of halogens is 1. The monoisotopic (exact) mass is 364 g/mol. The molecule has 134 valence electrons. The van der Waals surface area contributed by atoms with Crippen molar-refractivity contribution < 1.29 is 19.1 Å². The van der Waals surface area contributed by atoms with Crippen LogP contribution in [-0.2, 0) is 9.53 Å². The van der Waals surface area contributed by atoms with Gasteiger partial charge in [-0.15, -0.1) is 0 Å². The van der Waals surface area contributed by atoms with Crippen LogP contribution in [0.4, 0.5) is 0 Å². The molecule has 1 aromatic rings. The predicted octanol–water partition coefficient (Wildman–Crippen LogP) is 3.24. The van der Waals surface area contributed by atoms with Crippen LogP contribution in [0.25, 0.3) is 0 Å². The average Bonchev–Trinajstić information content (AvgIpc) is 2.62. The molecule has 1 fully saturated rings. The Kier molecular flexibility index (Phi) is 6.27. The lowest BCUT2D eigenvalue weighted by molar-refractivity contribution is -0.130. The quantitative estimate of drug-likeness (QED) is 0.810. The van der Waals surface area contributed by atoms with E-state index in [9.17, 15) is 14.9 Å². The van der Waals surface area contributed by atoms with Gasteiger partial charge >= 0.3 is 5.97 Å². The van der Waals surface area contributed by atoms with Crippen molar-refractivity contribution in [3.63, 3.8) is 0 Å². The minimum atomic E-state index is -1.04. The van der Waals surface area contributed by atoms with Crippen LogP contribution in [0, 0.1) is 11.3 Å². The lowest BCUT2D eigenvalue weighted by Crippen LogP contribution is -2.52. The first-order valence-corrected chi connectivity index (χ1v) is 8.56. The van der Waals surface area contributed by atoms with E-state index in [0.717, 1.165) is 19.3 Å². The molecule has 0 aromatic heterocycles. The Balaban J connectivity index is 2.04. The first-order valence-electron chi connectivity index (χ1n) is 8.18.